The Bertz CT molecular complexity index is 2870. The van der Waals surface area contributed by atoms with Crippen LogP contribution in [0.5, 0.6) is 97.7 Å². The molecule has 0 radical (unpaired) electrons. The fraction of sp³-hybridized carbons (Fsp3) is 0.150. The lowest BCUT2D eigenvalue weighted by molar-refractivity contribution is -0.276. The number of phenolic OH excluding ortho intramolecular Hbond substituents is 13. The first kappa shape index (κ1) is 44.7. The number of esters is 3. The molecular formula is C40H30O26. The van der Waals surface area contributed by atoms with Gasteiger partial charge in [-0.3, -0.25) is 0 Å². The van der Waals surface area contributed by atoms with Crippen molar-refractivity contribution in [3.63, 3.8) is 0 Å². The highest BCUT2D eigenvalue weighted by atomic mass is 16.7. The lowest BCUT2D eigenvalue weighted by Crippen LogP contribution is -2.62. The van der Waals surface area contributed by atoms with Crippen molar-refractivity contribution in [3.8, 4) is 109 Å². The van der Waals surface area contributed by atoms with Crippen LogP contribution in [0.25, 0.3) is 11.1 Å². The van der Waals surface area contributed by atoms with Crippen molar-refractivity contribution in [2.24, 2.45) is 0 Å². The SMILES string of the molecule is O=C(O[C@H]1[C@@H](Oc2cc(O)c(O)c(O)c2)O[C@@H]2COC(=O)c3cc(O)c(O)c(O)c3-c3c(cc(O)c(O)c3O)C(=O)O[C@H]1[C@@H]2O)c1cc(O)c(O)c(Oc2cc(O)c(O)c(O)c2C(=O)O)c1. The summed E-state index contributed by atoms with van der Waals surface area (Å²) in [4.78, 5) is 53.8. The average Bonchev–Trinajstić information content (AvgIpc) is 3.25. The van der Waals surface area contributed by atoms with Gasteiger partial charge in [0.2, 0.25) is 41.1 Å². The number of hydrogen-bond donors (Lipinski definition) is 16. The summed E-state index contributed by atoms with van der Waals surface area (Å²) in [5.41, 5.74) is -6.11. The van der Waals surface area contributed by atoms with Gasteiger partial charge in [-0.15, -0.1) is 0 Å². The van der Waals surface area contributed by atoms with Crippen LogP contribution in [-0.2, 0) is 18.9 Å². The standard InChI is InChI=1S/C40H30O26/c41-13-1-9(2-20(26(13)48)63-19-7-18(46)29(51)33(55)24(19)36(56)57)37(58)66-35-34-30(52)21(64-40(35)62-10-3-14(42)25(47)15(43)4-10)8-61-38(59)11-5-16(44)27(49)31(53)22(11)23-12(39(60)65-34)6-17(45)28(50)32(23)54/h1-7,21,30,34-35,40-55H,8H2,(H,56,57)/t21-,30-,34+,35-,40+/m1/s1. The molecule has 7 rings (SSSR count). The zero-order valence-electron chi connectivity index (χ0n) is 32.4. The van der Waals surface area contributed by atoms with Gasteiger partial charge in [0, 0.05) is 29.3 Å². The minimum absolute atomic E-state index is 0.418. The first-order valence-corrected chi connectivity index (χ1v) is 18.2. The van der Waals surface area contributed by atoms with E-state index in [4.69, 9.17) is 28.4 Å². The van der Waals surface area contributed by atoms with E-state index in [1.807, 2.05) is 0 Å². The molecule has 16 N–H and O–H groups in total. The third kappa shape index (κ3) is 7.64. The minimum Gasteiger partial charge on any atom is -0.504 e. The molecule has 66 heavy (non-hydrogen) atoms. The van der Waals surface area contributed by atoms with Crippen molar-refractivity contribution in [1.82, 2.24) is 0 Å². The maximum absolute atomic E-state index is 14.2. The smallest absolute Gasteiger partial charge is 0.343 e. The van der Waals surface area contributed by atoms with Crippen molar-refractivity contribution < 1.29 is 129 Å². The van der Waals surface area contributed by atoms with Gasteiger partial charge in [-0.25, -0.2) is 19.2 Å². The molecule has 2 bridgehead atoms. The molecule has 2 aliphatic rings. The van der Waals surface area contributed by atoms with Gasteiger partial charge < -0.3 is 110 Å². The van der Waals surface area contributed by atoms with E-state index in [2.05, 4.69) is 0 Å². The van der Waals surface area contributed by atoms with Crippen molar-refractivity contribution in [2.75, 3.05) is 6.61 Å². The van der Waals surface area contributed by atoms with E-state index in [-0.39, 0.29) is 0 Å². The van der Waals surface area contributed by atoms with Gasteiger partial charge in [0.1, 0.15) is 35.9 Å². The van der Waals surface area contributed by atoms with Crippen LogP contribution in [0.3, 0.4) is 0 Å². The van der Waals surface area contributed by atoms with Crippen LogP contribution in [0.1, 0.15) is 41.4 Å². The molecule has 0 amide bonds. The van der Waals surface area contributed by atoms with Crippen LogP contribution >= 0.6 is 0 Å². The van der Waals surface area contributed by atoms with Gasteiger partial charge in [0.25, 0.3) is 0 Å². The van der Waals surface area contributed by atoms with Gasteiger partial charge in [-0.2, -0.15) is 0 Å². The molecule has 0 saturated carbocycles. The summed E-state index contributed by atoms with van der Waals surface area (Å²) in [5.74, 6) is -26.7. The van der Waals surface area contributed by atoms with Gasteiger partial charge in [0.15, 0.2) is 63.6 Å². The Morgan fingerprint density at radius 1 is 0.576 bits per heavy atom. The maximum Gasteiger partial charge on any atom is 0.343 e. The molecule has 0 spiro atoms. The third-order valence-corrected chi connectivity index (χ3v) is 9.92. The molecule has 0 unspecified atom stereocenters. The highest BCUT2D eigenvalue weighted by Crippen LogP contribution is 2.53. The van der Waals surface area contributed by atoms with Crippen LogP contribution in [-0.4, -0.2) is 143 Å². The Labute approximate surface area is 363 Å². The summed E-state index contributed by atoms with van der Waals surface area (Å²) < 4.78 is 33.2. The summed E-state index contributed by atoms with van der Waals surface area (Å²) in [5, 5.41) is 166. The van der Waals surface area contributed by atoms with Gasteiger partial charge in [-0.05, 0) is 24.3 Å². The van der Waals surface area contributed by atoms with E-state index >= 15 is 0 Å². The Morgan fingerprint density at radius 3 is 1.67 bits per heavy atom. The van der Waals surface area contributed by atoms with Crippen molar-refractivity contribution in [1.29, 1.82) is 0 Å². The lowest BCUT2D eigenvalue weighted by atomic mass is 9.91. The normalized spacial score (nSPS) is 19.1. The molecule has 1 saturated heterocycles. The number of hydrogen-bond acceptors (Lipinski definition) is 25. The fourth-order valence-corrected chi connectivity index (χ4v) is 6.71. The summed E-state index contributed by atoms with van der Waals surface area (Å²) in [6, 6.07) is 3.87. The Hall–Kier alpha value is -9.30. The number of carbonyl (C=O) groups excluding carboxylic acids is 3. The van der Waals surface area contributed by atoms with E-state index in [9.17, 15) is 101 Å². The number of carboxylic acid groups (broad SMARTS) is 1. The number of rotatable bonds is 7. The number of cyclic esters (lactones) is 1. The van der Waals surface area contributed by atoms with Crippen molar-refractivity contribution in [2.45, 2.75) is 30.7 Å². The van der Waals surface area contributed by atoms with Crippen LogP contribution in [0, 0.1) is 0 Å². The zero-order chi connectivity index (χ0) is 48.4. The number of carboxylic acids is 1. The largest absolute Gasteiger partial charge is 0.504 e. The fourth-order valence-electron chi connectivity index (χ4n) is 6.71. The Balaban J connectivity index is 1.36. The molecule has 0 aliphatic carbocycles. The average molecular weight is 927 g/mol. The summed E-state index contributed by atoms with van der Waals surface area (Å²) in [7, 11) is 0. The van der Waals surface area contributed by atoms with Gasteiger partial charge >= 0.3 is 23.9 Å². The number of aliphatic hydroxyl groups excluding tert-OH is 1. The predicted octanol–water partition coefficient (Wildman–Crippen LogP) is 1.81. The third-order valence-electron chi connectivity index (χ3n) is 9.92. The highest BCUT2D eigenvalue weighted by Gasteiger charge is 2.52. The number of aliphatic hydroxyl groups is 1. The van der Waals surface area contributed by atoms with E-state index in [0.717, 1.165) is 0 Å². The van der Waals surface area contributed by atoms with Crippen LogP contribution in [0.2, 0.25) is 0 Å². The number of carbonyl (C=O) groups is 4. The molecule has 5 aromatic carbocycles. The number of ether oxygens (including phenoxy) is 6. The number of aromatic carboxylic acids is 1. The van der Waals surface area contributed by atoms with Gasteiger partial charge in [0.05, 0.1) is 16.7 Å². The van der Waals surface area contributed by atoms with Crippen molar-refractivity contribution >= 4 is 23.9 Å². The molecule has 26 heteroatoms. The van der Waals surface area contributed by atoms with E-state index in [1.54, 1.807) is 0 Å². The summed E-state index contributed by atoms with van der Waals surface area (Å²) >= 11 is 0. The number of benzene rings is 5. The van der Waals surface area contributed by atoms with E-state index in [1.165, 1.54) is 0 Å². The first-order valence-electron chi connectivity index (χ1n) is 18.2. The molecule has 346 valence electrons. The van der Waals surface area contributed by atoms with Crippen LogP contribution < -0.4 is 9.47 Å². The van der Waals surface area contributed by atoms with Crippen LogP contribution in [0.4, 0.5) is 0 Å². The predicted molar refractivity (Wildman–Crippen MR) is 206 cm³/mol. The monoisotopic (exact) mass is 926 g/mol. The Morgan fingerprint density at radius 2 is 1.09 bits per heavy atom. The lowest BCUT2D eigenvalue weighted by Gasteiger charge is -2.43. The number of fused-ring (bicyclic) bond motifs is 5. The highest BCUT2D eigenvalue weighted by molar-refractivity contribution is 6.08. The quantitative estimate of drug-likeness (QED) is 0.0628. The minimum atomic E-state index is -2.36. The van der Waals surface area contributed by atoms with Crippen molar-refractivity contribution in [3.05, 3.63) is 64.7 Å². The number of phenols is 14. The van der Waals surface area contributed by atoms with Gasteiger partial charge in [-0.1, -0.05) is 0 Å². The zero-order valence-corrected chi connectivity index (χ0v) is 32.4. The molecule has 2 heterocycles. The van der Waals surface area contributed by atoms with Crippen LogP contribution in [0.15, 0.2) is 42.5 Å². The molecule has 0 aromatic heterocycles. The van der Waals surface area contributed by atoms with E-state index in [0.29, 0.717) is 42.5 Å². The maximum atomic E-state index is 14.2. The second-order valence-electron chi connectivity index (χ2n) is 14.0. The second-order valence-corrected chi connectivity index (χ2v) is 14.0. The number of aromatic hydroxyl groups is 14. The van der Waals surface area contributed by atoms with E-state index < -0.39 is 192 Å². The molecular weight excluding hydrogens is 896 g/mol. The molecule has 5 atom stereocenters. The first-order chi connectivity index (χ1) is 31.0. The molecule has 2 aliphatic heterocycles. The summed E-state index contributed by atoms with van der Waals surface area (Å²) in [6.07, 6.45) is -11.2. The molecule has 26 nitrogen and oxygen atoms in total. The second kappa shape index (κ2) is 16.4. The Kier molecular flexibility index (Phi) is 11.1. The topological polar surface area (TPSA) is 447 Å². The summed E-state index contributed by atoms with van der Waals surface area (Å²) in [6.45, 7) is -1.10. The molecule has 1 fully saturated rings. The molecule has 5 aromatic rings.